The molecule has 0 aliphatic carbocycles. The van der Waals surface area contributed by atoms with Crippen LogP contribution in [0.1, 0.15) is 33.3 Å². The average molecular weight is 402 g/mol. The van der Waals surface area contributed by atoms with Crippen LogP contribution in [0.2, 0.25) is 10.0 Å². The molecule has 0 bridgehead atoms. The summed E-state index contributed by atoms with van der Waals surface area (Å²) in [5.41, 5.74) is 0.870. The molecule has 25 heavy (non-hydrogen) atoms. The van der Waals surface area contributed by atoms with Crippen LogP contribution in [0.25, 0.3) is 5.57 Å². The molecule has 2 amide bonds. The molecule has 0 N–H and O–H groups in total. The van der Waals surface area contributed by atoms with E-state index in [9.17, 15) is 9.59 Å². The highest BCUT2D eigenvalue weighted by molar-refractivity contribution is 8.04. The van der Waals surface area contributed by atoms with Crippen LogP contribution in [0, 0.1) is 0 Å². The van der Waals surface area contributed by atoms with Crippen LogP contribution in [-0.4, -0.2) is 41.2 Å². The Morgan fingerprint density at radius 1 is 1.12 bits per heavy atom. The Balaban J connectivity index is 2.39. The predicted octanol–water partition coefficient (Wildman–Crippen LogP) is 4.64. The Morgan fingerprint density at radius 2 is 1.80 bits per heavy atom. The van der Waals surface area contributed by atoms with Crippen LogP contribution in [0.3, 0.4) is 0 Å². The molecule has 136 valence electrons. The van der Waals surface area contributed by atoms with Gasteiger partial charge in [0, 0.05) is 15.8 Å². The molecule has 1 aromatic carbocycles. The third kappa shape index (κ3) is 4.79. The van der Waals surface area contributed by atoms with Crippen molar-refractivity contribution in [1.29, 1.82) is 0 Å². The molecular formula is C18H21Cl2NO3S. The van der Waals surface area contributed by atoms with Gasteiger partial charge in [0.15, 0.2) is 0 Å². The fourth-order valence-electron chi connectivity index (χ4n) is 2.41. The van der Waals surface area contributed by atoms with Crippen LogP contribution < -0.4 is 0 Å². The Bertz CT molecular complexity index is 716. The smallest absolute Gasteiger partial charge is 0.268 e. The summed E-state index contributed by atoms with van der Waals surface area (Å²) in [5.74, 6) is -0.637. The second-order valence-electron chi connectivity index (χ2n) is 6.18. The number of thioether (sulfide) groups is 1. The molecule has 0 saturated carbocycles. The summed E-state index contributed by atoms with van der Waals surface area (Å²) in [4.78, 5) is 27.4. The molecule has 1 aliphatic heterocycles. The summed E-state index contributed by atoms with van der Waals surface area (Å²) in [7, 11) is 0. The minimum Gasteiger partial charge on any atom is -0.377 e. The standard InChI is InChI=1S/C18H21Cl2NO3S/c1-10(2)24-8-7-21-17(22)15(16(18(21)23)25-11(3)4)13-6-5-12(19)9-14(13)20/h5-6,9-11H,7-8H2,1-4H3. The molecule has 1 aromatic rings. The van der Waals surface area contributed by atoms with Gasteiger partial charge in [-0.1, -0.05) is 43.1 Å². The highest BCUT2D eigenvalue weighted by Gasteiger charge is 2.40. The van der Waals surface area contributed by atoms with Crippen molar-refractivity contribution in [2.45, 2.75) is 39.0 Å². The second kappa shape index (κ2) is 8.58. The van der Waals surface area contributed by atoms with E-state index in [1.54, 1.807) is 18.2 Å². The largest absolute Gasteiger partial charge is 0.377 e. The van der Waals surface area contributed by atoms with Crippen molar-refractivity contribution in [2.24, 2.45) is 0 Å². The summed E-state index contributed by atoms with van der Waals surface area (Å²) < 4.78 is 5.48. The summed E-state index contributed by atoms with van der Waals surface area (Å²) in [6.45, 7) is 8.28. The monoisotopic (exact) mass is 401 g/mol. The number of carbonyl (C=O) groups excluding carboxylic acids is 2. The lowest BCUT2D eigenvalue weighted by Crippen LogP contribution is -2.35. The molecule has 2 rings (SSSR count). The zero-order chi connectivity index (χ0) is 18.7. The highest BCUT2D eigenvalue weighted by Crippen LogP contribution is 2.40. The lowest BCUT2D eigenvalue weighted by Gasteiger charge is -2.16. The minimum atomic E-state index is -0.343. The van der Waals surface area contributed by atoms with E-state index in [1.807, 2.05) is 27.7 Å². The summed E-state index contributed by atoms with van der Waals surface area (Å²) in [6.07, 6.45) is 0.0375. The van der Waals surface area contributed by atoms with Gasteiger partial charge in [0.2, 0.25) is 0 Å². The zero-order valence-corrected chi connectivity index (χ0v) is 17.0. The van der Waals surface area contributed by atoms with E-state index in [4.69, 9.17) is 27.9 Å². The summed E-state index contributed by atoms with van der Waals surface area (Å²) in [6, 6.07) is 4.92. The molecule has 7 heteroatoms. The van der Waals surface area contributed by atoms with E-state index in [2.05, 4.69) is 0 Å². The van der Waals surface area contributed by atoms with Crippen molar-refractivity contribution in [3.63, 3.8) is 0 Å². The summed E-state index contributed by atoms with van der Waals surface area (Å²) in [5, 5.41) is 0.983. The maximum Gasteiger partial charge on any atom is 0.268 e. The molecule has 0 aromatic heterocycles. The third-order valence-corrected chi connectivity index (χ3v) is 5.08. The van der Waals surface area contributed by atoms with E-state index < -0.39 is 0 Å². The molecular weight excluding hydrogens is 381 g/mol. The fraction of sp³-hybridized carbons (Fsp3) is 0.444. The summed E-state index contributed by atoms with van der Waals surface area (Å²) >= 11 is 13.6. The van der Waals surface area contributed by atoms with E-state index in [0.717, 1.165) is 0 Å². The third-order valence-electron chi connectivity index (χ3n) is 3.45. The topological polar surface area (TPSA) is 46.6 Å². The van der Waals surface area contributed by atoms with Gasteiger partial charge in [-0.05, 0) is 26.0 Å². The highest BCUT2D eigenvalue weighted by atomic mass is 35.5. The van der Waals surface area contributed by atoms with E-state index in [-0.39, 0.29) is 29.7 Å². The van der Waals surface area contributed by atoms with Gasteiger partial charge in [-0.15, -0.1) is 11.8 Å². The van der Waals surface area contributed by atoms with Crippen molar-refractivity contribution in [3.8, 4) is 0 Å². The molecule has 0 unspecified atom stereocenters. The lowest BCUT2D eigenvalue weighted by molar-refractivity contribution is -0.137. The Hall–Kier alpha value is -1.01. The van der Waals surface area contributed by atoms with Gasteiger partial charge in [0.05, 0.1) is 34.8 Å². The zero-order valence-electron chi connectivity index (χ0n) is 14.6. The van der Waals surface area contributed by atoms with Crippen LogP contribution in [0.5, 0.6) is 0 Å². The van der Waals surface area contributed by atoms with E-state index in [1.165, 1.54) is 16.7 Å². The minimum absolute atomic E-state index is 0.0375. The van der Waals surface area contributed by atoms with Crippen LogP contribution in [0.15, 0.2) is 23.1 Å². The number of nitrogens with zero attached hydrogens (tertiary/aromatic N) is 1. The number of imide groups is 1. The Kier molecular flexibility index (Phi) is 6.97. The van der Waals surface area contributed by atoms with Gasteiger partial charge < -0.3 is 4.74 Å². The number of halogens is 2. The molecule has 0 atom stereocenters. The fourth-order valence-corrected chi connectivity index (χ4v) is 3.91. The number of amides is 2. The molecule has 0 fully saturated rings. The normalized spacial score (nSPS) is 15.3. The first-order valence-corrected chi connectivity index (χ1v) is 9.70. The number of ether oxygens (including phenoxy) is 1. The molecule has 0 radical (unpaired) electrons. The number of carbonyl (C=O) groups is 2. The number of benzene rings is 1. The SMILES string of the molecule is CC(C)OCCN1C(=O)C(SC(C)C)=C(c2ccc(Cl)cc2Cl)C1=O. The van der Waals surface area contributed by atoms with Crippen molar-refractivity contribution in [3.05, 3.63) is 38.7 Å². The van der Waals surface area contributed by atoms with Crippen molar-refractivity contribution in [1.82, 2.24) is 4.90 Å². The Labute approximate surface area is 162 Å². The molecule has 1 aliphatic rings. The van der Waals surface area contributed by atoms with Crippen LogP contribution in [0.4, 0.5) is 0 Å². The van der Waals surface area contributed by atoms with Crippen molar-refractivity contribution in [2.75, 3.05) is 13.2 Å². The number of hydrogen-bond donors (Lipinski definition) is 0. The molecule has 1 heterocycles. The van der Waals surface area contributed by atoms with Crippen LogP contribution >= 0.6 is 35.0 Å². The lowest BCUT2D eigenvalue weighted by atomic mass is 10.1. The van der Waals surface area contributed by atoms with E-state index in [0.29, 0.717) is 32.7 Å². The first-order valence-electron chi connectivity index (χ1n) is 8.06. The second-order valence-corrected chi connectivity index (χ2v) is 8.61. The maximum atomic E-state index is 12.9. The van der Waals surface area contributed by atoms with Crippen molar-refractivity contribution >= 4 is 52.4 Å². The molecule has 0 spiro atoms. The molecule has 4 nitrogen and oxygen atoms in total. The maximum absolute atomic E-state index is 12.9. The average Bonchev–Trinajstić information content (AvgIpc) is 2.71. The van der Waals surface area contributed by atoms with Gasteiger partial charge in [-0.25, -0.2) is 0 Å². The van der Waals surface area contributed by atoms with Gasteiger partial charge in [-0.3, -0.25) is 14.5 Å². The van der Waals surface area contributed by atoms with Crippen LogP contribution in [-0.2, 0) is 14.3 Å². The van der Waals surface area contributed by atoms with Gasteiger partial charge in [-0.2, -0.15) is 0 Å². The van der Waals surface area contributed by atoms with E-state index >= 15 is 0 Å². The van der Waals surface area contributed by atoms with Gasteiger partial charge in [0.25, 0.3) is 11.8 Å². The Morgan fingerprint density at radius 3 is 2.36 bits per heavy atom. The quantitative estimate of drug-likeness (QED) is 0.624. The number of hydrogen-bond acceptors (Lipinski definition) is 4. The van der Waals surface area contributed by atoms with Gasteiger partial charge >= 0.3 is 0 Å². The number of rotatable bonds is 7. The van der Waals surface area contributed by atoms with Crippen molar-refractivity contribution < 1.29 is 14.3 Å². The van der Waals surface area contributed by atoms with Gasteiger partial charge in [0.1, 0.15) is 0 Å². The first-order chi connectivity index (χ1) is 11.7. The predicted molar refractivity (Wildman–Crippen MR) is 104 cm³/mol. The first kappa shape index (κ1) is 20.3. The molecule has 0 saturated heterocycles.